The van der Waals surface area contributed by atoms with Gasteiger partial charge in [0.05, 0.1) is 0 Å². The van der Waals surface area contributed by atoms with Gasteiger partial charge in [-0.05, 0) is 12.8 Å². The molecule has 0 saturated carbocycles. The van der Waals surface area contributed by atoms with E-state index in [2.05, 4.69) is 37.4 Å². The monoisotopic (exact) mass is 560 g/mol. The van der Waals surface area contributed by atoms with Crippen LogP contribution in [0.15, 0.2) is 0 Å². The number of carboxylic acid groups (broad SMARTS) is 2. The summed E-state index contributed by atoms with van der Waals surface area (Å²) >= 11 is 5.22. The molecule has 0 rings (SSSR count). The first-order valence-electron chi connectivity index (χ1n) is 4.29. The topological polar surface area (TPSA) is 74.6 Å². The minimum absolute atomic E-state index is 0.292. The molecule has 0 bridgehead atoms. The van der Waals surface area contributed by atoms with Crippen LogP contribution in [-0.4, -0.2) is 35.2 Å². The molecule has 0 aliphatic rings. The molecule has 0 spiro atoms. The third-order valence-electron chi connectivity index (χ3n) is 0.928. The van der Waals surface area contributed by atoms with Gasteiger partial charge in [0, 0.05) is 12.8 Å². The summed E-state index contributed by atoms with van der Waals surface area (Å²) in [5.41, 5.74) is 0. The van der Waals surface area contributed by atoms with Crippen LogP contribution in [0.4, 0.5) is 0 Å². The molecule has 2 N–H and O–H groups in total. The van der Waals surface area contributed by atoms with Crippen LogP contribution in [0.2, 0.25) is 0 Å². The fourth-order valence-corrected chi connectivity index (χ4v) is 0.428. The maximum atomic E-state index is 9.60. The van der Waals surface area contributed by atoms with E-state index in [1.807, 2.05) is 13.8 Å². The Labute approximate surface area is 120 Å². The number of hydrogen-bond donors (Lipinski definition) is 2. The molecule has 0 atom stereocenters. The summed E-state index contributed by atoms with van der Waals surface area (Å²) in [6.45, 7) is 3.68. The van der Waals surface area contributed by atoms with Gasteiger partial charge in [-0.3, -0.25) is 9.59 Å². The molecule has 0 fully saturated rings. The summed E-state index contributed by atoms with van der Waals surface area (Å²) in [7, 11) is 0. The number of halogens is 2. The summed E-state index contributed by atoms with van der Waals surface area (Å²) in [4.78, 5) is 19.2. The molecule has 92 valence electrons. The van der Waals surface area contributed by atoms with Gasteiger partial charge in [-0.2, -0.15) is 0 Å². The van der Waals surface area contributed by atoms with Crippen molar-refractivity contribution in [1.82, 2.24) is 0 Å². The van der Waals surface area contributed by atoms with Crippen molar-refractivity contribution in [2.24, 2.45) is 0 Å². The van der Waals surface area contributed by atoms with Gasteiger partial charge in [0.2, 0.25) is 0 Å². The maximum absolute atomic E-state index is 9.60. The summed E-state index contributed by atoms with van der Waals surface area (Å²) in [6, 6.07) is 0. The predicted molar refractivity (Wildman–Crippen MR) is 78.9 cm³/mol. The van der Waals surface area contributed by atoms with Crippen molar-refractivity contribution in [3.8, 4) is 0 Å². The molecule has 0 aromatic carbocycles. The van der Waals surface area contributed by atoms with E-state index in [-0.39, 0.29) is 0 Å². The Morgan fingerprint density at radius 3 is 1.20 bits per heavy atom. The fraction of sp³-hybridized carbons (Fsp3) is 0.750. The van der Waals surface area contributed by atoms with Gasteiger partial charge in [0.25, 0.3) is 0 Å². The van der Waals surface area contributed by atoms with E-state index in [0.29, 0.717) is 25.9 Å². The second-order valence-corrected chi connectivity index (χ2v) is 19.9. The van der Waals surface area contributed by atoms with Crippen LogP contribution in [0.1, 0.15) is 39.5 Å². The number of rotatable bonds is 4. The first-order valence-corrected chi connectivity index (χ1v) is 17.9. The molecular weight excluding hydrogens is 541 g/mol. The molecular formula is C8H16I2O4Te. The van der Waals surface area contributed by atoms with E-state index < -0.39 is 11.9 Å². The molecule has 7 heteroatoms. The molecule has 4 nitrogen and oxygen atoms in total. The van der Waals surface area contributed by atoms with Gasteiger partial charge in [-0.25, -0.2) is 0 Å². The Balaban J connectivity index is -0.000000153. The van der Waals surface area contributed by atoms with Gasteiger partial charge in [0.15, 0.2) is 0 Å². The van der Waals surface area contributed by atoms with Crippen molar-refractivity contribution in [3.63, 3.8) is 0 Å². The van der Waals surface area contributed by atoms with Gasteiger partial charge < -0.3 is 10.2 Å². The van der Waals surface area contributed by atoms with E-state index in [1.165, 1.54) is 0 Å². The minimum atomic E-state index is -0.711. The molecule has 0 heterocycles. The van der Waals surface area contributed by atoms with Crippen molar-refractivity contribution in [1.29, 1.82) is 0 Å². The third-order valence-corrected chi connectivity index (χ3v) is 0.928. The van der Waals surface area contributed by atoms with Crippen molar-refractivity contribution < 1.29 is 19.8 Å². The Bertz CT molecular complexity index is 140. The van der Waals surface area contributed by atoms with E-state index >= 15 is 0 Å². The molecule has 0 amide bonds. The van der Waals surface area contributed by atoms with Crippen LogP contribution in [0, 0.1) is 0 Å². The summed E-state index contributed by atoms with van der Waals surface area (Å²) in [5.74, 6) is -1.42. The molecule has 0 aliphatic heterocycles. The molecule has 0 aromatic heterocycles. The SMILES string of the molecule is CCCC(=O)O.CCCC(=O)O.I[Te]I. The van der Waals surface area contributed by atoms with Gasteiger partial charge >= 0.3 is 62.4 Å². The molecule has 0 saturated heterocycles. The first-order chi connectivity index (χ1) is 6.95. The number of hydrogen-bond acceptors (Lipinski definition) is 2. The number of aliphatic carboxylic acids is 2. The van der Waals surface area contributed by atoms with Crippen LogP contribution in [-0.2, 0) is 9.59 Å². The normalized spacial score (nSPS) is 7.73. The molecule has 0 aliphatic carbocycles. The van der Waals surface area contributed by atoms with Gasteiger partial charge in [-0.1, -0.05) is 13.8 Å². The Hall–Kier alpha value is 1.19. The van der Waals surface area contributed by atoms with E-state index in [0.717, 1.165) is 12.8 Å². The van der Waals surface area contributed by atoms with Crippen LogP contribution in [0.5, 0.6) is 0 Å². The van der Waals surface area contributed by atoms with Crippen molar-refractivity contribution in [3.05, 3.63) is 0 Å². The fourth-order valence-electron chi connectivity index (χ4n) is 0.428. The van der Waals surface area contributed by atoms with Crippen LogP contribution < -0.4 is 0 Å². The zero-order valence-corrected chi connectivity index (χ0v) is 15.3. The second kappa shape index (κ2) is 20.6. The van der Waals surface area contributed by atoms with Gasteiger partial charge in [0.1, 0.15) is 0 Å². The molecule has 0 radical (unpaired) electrons. The first kappa shape index (κ1) is 21.5. The van der Waals surface area contributed by atoms with E-state index in [9.17, 15) is 9.59 Å². The Morgan fingerprint density at radius 2 is 1.20 bits per heavy atom. The van der Waals surface area contributed by atoms with E-state index in [1.54, 1.807) is 0 Å². The Morgan fingerprint density at radius 1 is 1.00 bits per heavy atom. The van der Waals surface area contributed by atoms with Crippen molar-refractivity contribution in [2.75, 3.05) is 0 Å². The van der Waals surface area contributed by atoms with Crippen LogP contribution in [0.3, 0.4) is 0 Å². The number of carbonyl (C=O) groups is 2. The molecule has 15 heavy (non-hydrogen) atoms. The van der Waals surface area contributed by atoms with Crippen molar-refractivity contribution in [2.45, 2.75) is 39.5 Å². The van der Waals surface area contributed by atoms with Crippen LogP contribution >= 0.6 is 37.4 Å². The zero-order chi connectivity index (χ0) is 12.7. The predicted octanol–water partition coefficient (Wildman–Crippen LogP) is 3.13. The Kier molecular flexibility index (Phi) is 29.5. The molecule has 0 aromatic rings. The third kappa shape index (κ3) is 51.1. The standard InChI is InChI=1S/2C4H8O2.I2Te/c2*1-2-3-4(5)6;1-3-2/h2*2-3H2,1H3,(H,5,6);. The number of carboxylic acids is 2. The summed E-state index contributed by atoms with van der Waals surface area (Å²) < 4.78 is 0. The van der Waals surface area contributed by atoms with Crippen molar-refractivity contribution >= 4 is 62.4 Å². The average Bonchev–Trinajstić information content (AvgIpc) is 2.05. The zero-order valence-electron chi connectivity index (χ0n) is 8.70. The van der Waals surface area contributed by atoms with E-state index in [4.69, 9.17) is 10.2 Å². The average molecular weight is 558 g/mol. The van der Waals surface area contributed by atoms with Crippen LogP contribution in [0.25, 0.3) is 0 Å². The summed E-state index contributed by atoms with van der Waals surface area (Å²) in [5, 5.41) is 15.8. The molecule has 0 unspecified atom stereocenters. The second-order valence-electron chi connectivity index (χ2n) is 2.35. The summed E-state index contributed by atoms with van der Waals surface area (Å²) in [6.07, 6.45) is 2.05. The quantitative estimate of drug-likeness (QED) is 0.412. The van der Waals surface area contributed by atoms with Gasteiger partial charge in [-0.15, -0.1) is 0 Å².